The summed E-state index contributed by atoms with van der Waals surface area (Å²) in [7, 11) is 0. The number of carbonyl (C=O) groups excluding carboxylic acids is 2. The number of aliphatic carboxylic acids is 1. The van der Waals surface area contributed by atoms with Gasteiger partial charge in [0.05, 0.1) is 11.7 Å². The highest BCUT2D eigenvalue weighted by molar-refractivity contribution is 5.93. The van der Waals surface area contributed by atoms with Gasteiger partial charge in [-0.2, -0.15) is 18.3 Å². The molecule has 1 spiro atoms. The Balaban J connectivity index is 0.000000470. The largest absolute Gasteiger partial charge is 0.490 e. The fourth-order valence-electron chi connectivity index (χ4n) is 5.47. The van der Waals surface area contributed by atoms with Crippen LogP contribution in [0.3, 0.4) is 0 Å². The molecule has 5 rings (SSSR count). The normalized spacial score (nSPS) is 21.1. The SMILES string of the molecule is CC(C)n1nccc1[C@@H]1CN(C(=O)c2ccco2)C[C@]12CCCN(Cc1ccncc1)C2=O.O=C(O)C(F)(F)F. The second-order valence-corrected chi connectivity index (χ2v) is 10.2. The van der Waals surface area contributed by atoms with Crippen molar-refractivity contribution in [1.82, 2.24) is 24.6 Å². The molecule has 0 aliphatic carbocycles. The molecule has 0 saturated carbocycles. The van der Waals surface area contributed by atoms with Gasteiger partial charge < -0.3 is 19.3 Å². The summed E-state index contributed by atoms with van der Waals surface area (Å²) in [6.45, 7) is 6.28. The van der Waals surface area contributed by atoms with Gasteiger partial charge in [0.25, 0.3) is 5.91 Å². The molecular weight excluding hydrogens is 531 g/mol. The molecule has 13 heteroatoms. The smallest absolute Gasteiger partial charge is 0.475 e. The first kappa shape index (κ1) is 28.8. The number of pyridine rings is 1. The van der Waals surface area contributed by atoms with Crippen LogP contribution in [0, 0.1) is 5.41 Å². The average molecular weight is 562 g/mol. The van der Waals surface area contributed by atoms with Gasteiger partial charge in [-0.25, -0.2) is 4.79 Å². The summed E-state index contributed by atoms with van der Waals surface area (Å²) in [5, 5.41) is 11.7. The quantitative estimate of drug-likeness (QED) is 0.497. The Labute approximate surface area is 228 Å². The predicted molar refractivity (Wildman–Crippen MR) is 135 cm³/mol. The van der Waals surface area contributed by atoms with Crippen molar-refractivity contribution in [2.24, 2.45) is 5.41 Å². The van der Waals surface area contributed by atoms with Gasteiger partial charge in [0, 0.05) is 62.4 Å². The van der Waals surface area contributed by atoms with E-state index in [0.29, 0.717) is 31.9 Å². The van der Waals surface area contributed by atoms with Crippen LogP contribution in [0.4, 0.5) is 13.2 Å². The number of amides is 2. The van der Waals surface area contributed by atoms with Crippen LogP contribution in [0.2, 0.25) is 0 Å². The average Bonchev–Trinajstić information content (AvgIpc) is 3.67. The summed E-state index contributed by atoms with van der Waals surface area (Å²) in [6, 6.07) is 9.45. The summed E-state index contributed by atoms with van der Waals surface area (Å²) >= 11 is 0. The van der Waals surface area contributed by atoms with Gasteiger partial charge in [0.2, 0.25) is 5.91 Å². The maximum absolute atomic E-state index is 14.1. The van der Waals surface area contributed by atoms with Crippen LogP contribution in [-0.2, 0) is 16.1 Å². The van der Waals surface area contributed by atoms with Crippen LogP contribution in [-0.4, -0.2) is 73.3 Å². The second-order valence-electron chi connectivity index (χ2n) is 10.2. The Bertz CT molecular complexity index is 1330. The molecule has 0 bridgehead atoms. The molecule has 40 heavy (non-hydrogen) atoms. The molecule has 5 heterocycles. The minimum Gasteiger partial charge on any atom is -0.475 e. The van der Waals surface area contributed by atoms with E-state index in [4.69, 9.17) is 14.3 Å². The zero-order valence-corrected chi connectivity index (χ0v) is 22.0. The number of piperidine rings is 1. The summed E-state index contributed by atoms with van der Waals surface area (Å²) in [4.78, 5) is 44.1. The lowest BCUT2D eigenvalue weighted by Crippen LogP contribution is -2.52. The van der Waals surface area contributed by atoms with Gasteiger partial charge in [-0.15, -0.1) is 0 Å². The van der Waals surface area contributed by atoms with E-state index in [9.17, 15) is 22.8 Å². The second kappa shape index (κ2) is 11.5. The third-order valence-electron chi connectivity index (χ3n) is 7.24. The molecule has 3 aromatic rings. The predicted octanol–water partition coefficient (Wildman–Crippen LogP) is 4.13. The third kappa shape index (κ3) is 5.87. The first-order valence-corrected chi connectivity index (χ1v) is 12.8. The van der Waals surface area contributed by atoms with Crippen molar-refractivity contribution in [2.75, 3.05) is 19.6 Å². The molecule has 0 aromatic carbocycles. The minimum atomic E-state index is -5.08. The van der Waals surface area contributed by atoms with Crippen molar-refractivity contribution in [1.29, 1.82) is 0 Å². The van der Waals surface area contributed by atoms with Crippen molar-refractivity contribution in [3.63, 3.8) is 0 Å². The maximum atomic E-state index is 14.1. The van der Waals surface area contributed by atoms with E-state index >= 15 is 0 Å². The van der Waals surface area contributed by atoms with Crippen LogP contribution in [0.25, 0.3) is 0 Å². The highest BCUT2D eigenvalue weighted by Crippen LogP contribution is 2.50. The molecule has 1 N–H and O–H groups in total. The summed E-state index contributed by atoms with van der Waals surface area (Å²) in [5.41, 5.74) is 1.39. The van der Waals surface area contributed by atoms with E-state index in [1.165, 1.54) is 6.26 Å². The number of halogens is 3. The topological polar surface area (TPSA) is 122 Å². The number of hydrogen-bond acceptors (Lipinski definition) is 6. The third-order valence-corrected chi connectivity index (χ3v) is 7.24. The molecule has 2 aliphatic rings. The van der Waals surface area contributed by atoms with Crippen LogP contribution in [0.5, 0.6) is 0 Å². The fourth-order valence-corrected chi connectivity index (χ4v) is 5.47. The van der Waals surface area contributed by atoms with E-state index in [0.717, 1.165) is 24.1 Å². The number of furan rings is 1. The summed E-state index contributed by atoms with van der Waals surface area (Å²) in [6.07, 6.45) is 3.36. The number of carboxylic acids is 1. The number of aromatic nitrogens is 3. The number of likely N-dealkylation sites (tertiary alicyclic amines) is 2. The van der Waals surface area contributed by atoms with Crippen molar-refractivity contribution >= 4 is 17.8 Å². The Morgan fingerprint density at radius 1 is 1.18 bits per heavy atom. The van der Waals surface area contributed by atoms with Gasteiger partial charge in [-0.05, 0) is 62.6 Å². The van der Waals surface area contributed by atoms with E-state index in [1.54, 1.807) is 35.6 Å². The van der Waals surface area contributed by atoms with E-state index in [2.05, 4.69) is 23.9 Å². The van der Waals surface area contributed by atoms with Gasteiger partial charge in [-0.3, -0.25) is 19.3 Å². The monoisotopic (exact) mass is 561 g/mol. The van der Waals surface area contributed by atoms with Crippen LogP contribution in [0.15, 0.2) is 59.6 Å². The molecule has 3 aromatic heterocycles. The van der Waals surface area contributed by atoms with Gasteiger partial charge in [0.1, 0.15) is 0 Å². The Kier molecular flexibility index (Phi) is 8.31. The lowest BCUT2D eigenvalue weighted by Gasteiger charge is -2.42. The van der Waals surface area contributed by atoms with Crippen molar-refractivity contribution in [3.8, 4) is 0 Å². The summed E-state index contributed by atoms with van der Waals surface area (Å²) < 4.78 is 39.1. The fraction of sp³-hybridized carbons (Fsp3) is 0.444. The lowest BCUT2D eigenvalue weighted by atomic mass is 9.70. The molecule has 2 saturated heterocycles. The maximum Gasteiger partial charge on any atom is 0.490 e. The zero-order chi connectivity index (χ0) is 29.1. The zero-order valence-electron chi connectivity index (χ0n) is 22.0. The standard InChI is InChI=1S/C25H29N5O3.C2HF3O2/c1-18(2)30-21(8-12-27-30)20-16-29(23(31)22-5-3-14-33-22)17-25(20)9-4-13-28(24(25)32)15-19-6-10-26-11-7-19;3-2(4,5)1(6)7/h3,5-8,10-12,14,18,20H,4,9,13,15-17H2,1-2H3;(H,6,7)/t20-,25+;/m0./s1. The number of hydrogen-bond donors (Lipinski definition) is 1. The summed E-state index contributed by atoms with van der Waals surface area (Å²) in [5.74, 6) is -2.64. The molecule has 2 fully saturated rings. The van der Waals surface area contributed by atoms with Crippen molar-refractivity contribution in [2.45, 2.75) is 51.4 Å². The Morgan fingerprint density at radius 3 is 2.48 bits per heavy atom. The lowest BCUT2D eigenvalue weighted by molar-refractivity contribution is -0.192. The van der Waals surface area contributed by atoms with Crippen LogP contribution in [0.1, 0.15) is 60.5 Å². The highest BCUT2D eigenvalue weighted by atomic mass is 19.4. The van der Waals surface area contributed by atoms with Gasteiger partial charge in [0.15, 0.2) is 5.76 Å². The molecular formula is C27H30F3N5O5. The minimum absolute atomic E-state index is 0.113. The van der Waals surface area contributed by atoms with E-state index < -0.39 is 17.6 Å². The van der Waals surface area contributed by atoms with Crippen molar-refractivity contribution in [3.05, 3.63) is 72.2 Å². The molecule has 10 nitrogen and oxygen atoms in total. The molecule has 0 radical (unpaired) electrons. The Hall–Kier alpha value is -4.16. The van der Waals surface area contributed by atoms with Gasteiger partial charge in [-0.1, -0.05) is 0 Å². The van der Waals surface area contributed by atoms with Crippen molar-refractivity contribution < 1.29 is 37.1 Å². The number of alkyl halides is 3. The number of nitrogens with zero attached hydrogens (tertiary/aromatic N) is 5. The Morgan fingerprint density at radius 2 is 1.88 bits per heavy atom. The number of rotatable bonds is 5. The van der Waals surface area contributed by atoms with E-state index in [-0.39, 0.29) is 23.8 Å². The molecule has 2 amide bonds. The molecule has 214 valence electrons. The van der Waals surface area contributed by atoms with Gasteiger partial charge >= 0.3 is 12.1 Å². The first-order chi connectivity index (χ1) is 18.9. The first-order valence-electron chi connectivity index (χ1n) is 12.8. The molecule has 0 unspecified atom stereocenters. The van der Waals surface area contributed by atoms with Crippen LogP contribution < -0.4 is 0 Å². The van der Waals surface area contributed by atoms with E-state index in [1.807, 2.05) is 27.8 Å². The number of carbonyl (C=O) groups is 3. The number of carboxylic acid groups (broad SMARTS) is 1. The molecule has 2 aliphatic heterocycles. The highest BCUT2D eigenvalue weighted by Gasteiger charge is 2.57. The molecule has 2 atom stereocenters. The van der Waals surface area contributed by atoms with Crippen LogP contribution >= 0.6 is 0 Å².